The summed E-state index contributed by atoms with van der Waals surface area (Å²) >= 11 is 0. The molecule has 0 unspecified atom stereocenters. The molecule has 0 spiro atoms. The van der Waals surface area contributed by atoms with Gasteiger partial charge in [0.05, 0.1) is 0 Å². The maximum Gasteiger partial charge on any atom is 0.261 e. The van der Waals surface area contributed by atoms with E-state index >= 15 is 0 Å². The fraction of sp³-hybridized carbons (Fsp3) is 0.429. The highest BCUT2D eigenvalue weighted by atomic mass is 35.5. The zero-order valence-electron chi connectivity index (χ0n) is 30.2. The summed E-state index contributed by atoms with van der Waals surface area (Å²) < 4.78 is 0. The lowest BCUT2D eigenvalue weighted by atomic mass is 9.91. The van der Waals surface area contributed by atoms with Crippen molar-refractivity contribution >= 4 is 70.0 Å². The van der Waals surface area contributed by atoms with Crippen LogP contribution in [0.25, 0.3) is 21.5 Å². The van der Waals surface area contributed by atoms with Crippen molar-refractivity contribution in [1.82, 2.24) is 19.6 Å². The topological polar surface area (TPSA) is 81.2 Å². The standard InChI is InChI=1S/C42H46N4O4.2ClH/c1-3-43(23-7-25-45-39(47)31-17-13-27-9-10-28-14-18-32(40(45)48)37(31)35(27)28)21-5-6-22-44(4-2)24-8-26-46-41(49)33-19-15-29-11-12-30-16-20-34(42(46)50)38(33)36(29)30;;/h13-20H,3-12,21-26H2,1-2H3;2*1H. The highest BCUT2D eigenvalue weighted by molar-refractivity contribution is 6.27. The summed E-state index contributed by atoms with van der Waals surface area (Å²) in [6, 6.07) is 16.0. The number of carbonyl (C=O) groups is 4. The number of aryl methyl sites for hydroxylation is 4. The Hall–Kier alpha value is -3.82. The van der Waals surface area contributed by atoms with E-state index in [-0.39, 0.29) is 48.4 Å². The first kappa shape index (κ1) is 37.9. The quantitative estimate of drug-likeness (QED) is 0.0953. The van der Waals surface area contributed by atoms with E-state index in [1.54, 1.807) is 0 Å². The summed E-state index contributed by atoms with van der Waals surface area (Å²) in [5.74, 6) is -0.650. The summed E-state index contributed by atoms with van der Waals surface area (Å²) in [6.45, 7) is 10.6. The van der Waals surface area contributed by atoms with E-state index in [2.05, 4.69) is 47.9 Å². The van der Waals surface area contributed by atoms with E-state index in [0.29, 0.717) is 35.3 Å². The highest BCUT2D eigenvalue weighted by Crippen LogP contribution is 2.39. The van der Waals surface area contributed by atoms with Crippen LogP contribution in [0.5, 0.6) is 0 Å². The number of amides is 4. The van der Waals surface area contributed by atoms with Gasteiger partial charge >= 0.3 is 0 Å². The minimum atomic E-state index is -0.162. The molecule has 0 saturated carbocycles. The molecule has 10 heteroatoms. The highest BCUT2D eigenvalue weighted by Gasteiger charge is 2.36. The Morgan fingerprint density at radius 3 is 1.02 bits per heavy atom. The normalized spacial score (nSPS) is 15.5. The third kappa shape index (κ3) is 6.42. The van der Waals surface area contributed by atoms with Gasteiger partial charge < -0.3 is 9.80 Å². The van der Waals surface area contributed by atoms with Gasteiger partial charge in [0.1, 0.15) is 0 Å². The minimum absolute atomic E-state index is 0. The van der Waals surface area contributed by atoms with Crippen molar-refractivity contribution in [3.8, 4) is 0 Å². The van der Waals surface area contributed by atoms with Gasteiger partial charge in [0, 0.05) is 46.1 Å². The monoisotopic (exact) mass is 742 g/mol. The van der Waals surface area contributed by atoms with Gasteiger partial charge in [-0.25, -0.2) is 0 Å². The molecule has 4 amide bonds. The molecule has 4 aliphatic rings. The average Bonchev–Trinajstić information content (AvgIpc) is 3.76. The van der Waals surface area contributed by atoms with E-state index in [0.717, 1.165) is 112 Å². The third-order valence-electron chi connectivity index (χ3n) is 11.7. The average molecular weight is 744 g/mol. The van der Waals surface area contributed by atoms with Crippen molar-refractivity contribution in [2.45, 2.75) is 65.2 Å². The maximum atomic E-state index is 13.5. The van der Waals surface area contributed by atoms with Crippen LogP contribution >= 0.6 is 24.8 Å². The molecule has 4 aromatic rings. The zero-order chi connectivity index (χ0) is 34.5. The van der Waals surface area contributed by atoms with Crippen LogP contribution in [0.2, 0.25) is 0 Å². The largest absolute Gasteiger partial charge is 0.304 e. The second-order valence-electron chi connectivity index (χ2n) is 14.4. The number of benzene rings is 4. The number of unbranched alkanes of at least 4 members (excludes halogenated alkanes) is 1. The Labute approximate surface area is 318 Å². The van der Waals surface area contributed by atoms with E-state index in [9.17, 15) is 19.2 Å². The van der Waals surface area contributed by atoms with Crippen LogP contribution in [0.3, 0.4) is 0 Å². The van der Waals surface area contributed by atoms with Gasteiger partial charge in [0.15, 0.2) is 0 Å². The Balaban J connectivity index is 0.00000232. The number of rotatable bonds is 15. The Morgan fingerprint density at radius 1 is 0.442 bits per heavy atom. The number of imide groups is 2. The molecule has 52 heavy (non-hydrogen) atoms. The molecule has 0 bridgehead atoms. The van der Waals surface area contributed by atoms with Crippen LogP contribution in [-0.2, 0) is 25.7 Å². The number of hydrogen-bond acceptors (Lipinski definition) is 6. The van der Waals surface area contributed by atoms with Gasteiger partial charge in [0.25, 0.3) is 23.6 Å². The van der Waals surface area contributed by atoms with Gasteiger partial charge in [0.2, 0.25) is 0 Å². The fourth-order valence-corrected chi connectivity index (χ4v) is 8.97. The maximum absolute atomic E-state index is 13.5. The molecule has 0 fully saturated rings. The van der Waals surface area contributed by atoms with Crippen molar-refractivity contribution in [3.05, 3.63) is 93.0 Å². The van der Waals surface area contributed by atoms with Crippen molar-refractivity contribution in [1.29, 1.82) is 0 Å². The molecular weight excluding hydrogens is 695 g/mol. The van der Waals surface area contributed by atoms with E-state index in [1.165, 1.54) is 32.1 Å². The van der Waals surface area contributed by atoms with Gasteiger partial charge in [-0.3, -0.25) is 29.0 Å². The third-order valence-corrected chi connectivity index (χ3v) is 11.7. The summed E-state index contributed by atoms with van der Waals surface area (Å²) in [5.41, 5.74) is 7.65. The van der Waals surface area contributed by atoms with E-state index in [4.69, 9.17) is 0 Å². The lowest BCUT2D eigenvalue weighted by Gasteiger charge is -2.29. The number of hydrogen-bond donors (Lipinski definition) is 0. The lowest BCUT2D eigenvalue weighted by Crippen LogP contribution is -2.42. The van der Waals surface area contributed by atoms with Gasteiger partial charge in [-0.2, -0.15) is 0 Å². The molecule has 4 aromatic carbocycles. The summed E-state index contributed by atoms with van der Waals surface area (Å²) in [6.07, 6.45) is 7.50. The molecule has 274 valence electrons. The van der Waals surface area contributed by atoms with Gasteiger partial charge in [-0.1, -0.05) is 38.1 Å². The molecule has 0 radical (unpaired) electrons. The lowest BCUT2D eigenvalue weighted by molar-refractivity contribution is 0.0587. The predicted molar refractivity (Wildman–Crippen MR) is 211 cm³/mol. The first-order chi connectivity index (χ1) is 24.4. The molecular formula is C42H48Cl2N4O4. The Kier molecular flexibility index (Phi) is 11.4. The molecule has 2 heterocycles. The van der Waals surface area contributed by atoms with Crippen molar-refractivity contribution in [2.75, 3.05) is 52.4 Å². The van der Waals surface area contributed by atoms with E-state index < -0.39 is 0 Å². The summed E-state index contributed by atoms with van der Waals surface area (Å²) in [4.78, 5) is 61.6. The number of nitrogens with zero attached hydrogens (tertiary/aromatic N) is 4. The minimum Gasteiger partial charge on any atom is -0.304 e. The molecule has 8 rings (SSSR count). The smallest absolute Gasteiger partial charge is 0.261 e. The summed E-state index contributed by atoms with van der Waals surface area (Å²) in [5, 5.41) is 3.99. The number of carbonyl (C=O) groups excluding carboxylic acids is 4. The Bertz CT molecular complexity index is 1820. The molecule has 0 saturated heterocycles. The van der Waals surface area contributed by atoms with Gasteiger partial charge in [-0.15, -0.1) is 24.8 Å². The van der Waals surface area contributed by atoms with Gasteiger partial charge in [-0.05, 0) is 148 Å². The van der Waals surface area contributed by atoms with Crippen molar-refractivity contribution < 1.29 is 19.2 Å². The van der Waals surface area contributed by atoms with Crippen LogP contribution in [-0.4, -0.2) is 95.6 Å². The molecule has 0 aromatic heterocycles. The van der Waals surface area contributed by atoms with Crippen LogP contribution in [0, 0.1) is 0 Å². The van der Waals surface area contributed by atoms with E-state index in [1.807, 2.05) is 24.3 Å². The fourth-order valence-electron chi connectivity index (χ4n) is 8.97. The molecule has 8 nitrogen and oxygen atoms in total. The van der Waals surface area contributed by atoms with Crippen LogP contribution in [0.1, 0.15) is 103 Å². The van der Waals surface area contributed by atoms with Crippen molar-refractivity contribution in [2.24, 2.45) is 0 Å². The Morgan fingerprint density at radius 2 is 0.731 bits per heavy atom. The second kappa shape index (κ2) is 15.7. The zero-order valence-corrected chi connectivity index (χ0v) is 31.8. The molecule has 0 N–H and O–H groups in total. The van der Waals surface area contributed by atoms with Crippen LogP contribution < -0.4 is 0 Å². The second-order valence-corrected chi connectivity index (χ2v) is 14.4. The molecule has 2 aliphatic heterocycles. The molecule has 0 atom stereocenters. The predicted octanol–water partition coefficient (Wildman–Crippen LogP) is 7.13. The number of halogens is 2. The van der Waals surface area contributed by atoms with Crippen LogP contribution in [0.15, 0.2) is 48.5 Å². The molecule has 2 aliphatic carbocycles. The first-order valence-electron chi connectivity index (χ1n) is 18.7. The summed E-state index contributed by atoms with van der Waals surface area (Å²) in [7, 11) is 0. The van der Waals surface area contributed by atoms with Crippen LogP contribution in [0.4, 0.5) is 0 Å². The SMILES string of the molecule is CCN(CCCCN(CC)CCCN1C(=O)c2ccc3c4c(ccc(c24)C1=O)CC3)CCCN1C(=O)c2ccc3c4c(ccc(c24)C1=O)CC3.Cl.Cl. The van der Waals surface area contributed by atoms with Crippen molar-refractivity contribution in [3.63, 3.8) is 0 Å². The first-order valence-corrected chi connectivity index (χ1v) is 18.7.